The fourth-order valence-corrected chi connectivity index (χ4v) is 2.81. The van der Waals surface area contributed by atoms with Crippen LogP contribution in [0.1, 0.15) is 16.7 Å². The highest BCUT2D eigenvalue weighted by Gasteiger charge is 2.06. The molecule has 0 saturated carbocycles. The highest BCUT2D eigenvalue weighted by molar-refractivity contribution is 5.76. The number of aryl methyl sites for hydroxylation is 2. The fourth-order valence-electron chi connectivity index (χ4n) is 2.81. The first-order chi connectivity index (χ1) is 10.7. The van der Waals surface area contributed by atoms with E-state index in [4.69, 9.17) is 0 Å². The maximum atomic E-state index is 4.54. The molecule has 0 N–H and O–H groups in total. The Morgan fingerprint density at radius 3 is 2.32 bits per heavy atom. The molecule has 0 fully saturated rings. The third kappa shape index (κ3) is 2.84. The van der Waals surface area contributed by atoms with Crippen molar-refractivity contribution in [2.24, 2.45) is 0 Å². The molecule has 1 aromatic heterocycles. The highest BCUT2D eigenvalue weighted by atomic mass is 14.7. The molecule has 2 aromatic carbocycles. The van der Waals surface area contributed by atoms with E-state index in [1.807, 2.05) is 24.4 Å². The Balaban J connectivity index is 2.12. The number of pyridine rings is 1. The summed E-state index contributed by atoms with van der Waals surface area (Å²) in [5.41, 5.74) is 8.18. The quantitative estimate of drug-likeness (QED) is 0.603. The van der Waals surface area contributed by atoms with Gasteiger partial charge in [0.15, 0.2) is 0 Å². The van der Waals surface area contributed by atoms with Crippen molar-refractivity contribution < 1.29 is 0 Å². The second-order valence-electron chi connectivity index (χ2n) is 5.60. The zero-order chi connectivity index (χ0) is 15.5. The predicted octanol–water partition coefficient (Wildman–Crippen LogP) is 5.68. The lowest BCUT2D eigenvalue weighted by molar-refractivity contribution is 1.32. The standard InChI is InChI=1S/C21H19N/c1-4-17-7-5-6-8-20(17)21-14-18(9-10-22-21)19-12-15(2)11-16(3)13-19/h4-14H,1H2,2-3H3. The molecule has 0 unspecified atom stereocenters. The van der Waals surface area contributed by atoms with E-state index in [0.717, 1.165) is 16.8 Å². The number of aromatic nitrogens is 1. The number of benzene rings is 2. The number of rotatable bonds is 3. The van der Waals surface area contributed by atoms with Gasteiger partial charge in [-0.2, -0.15) is 0 Å². The van der Waals surface area contributed by atoms with E-state index in [2.05, 4.69) is 67.9 Å². The second kappa shape index (κ2) is 5.98. The van der Waals surface area contributed by atoms with Gasteiger partial charge in [-0.1, -0.05) is 66.2 Å². The van der Waals surface area contributed by atoms with Gasteiger partial charge in [-0.15, -0.1) is 0 Å². The minimum atomic E-state index is 0.979. The van der Waals surface area contributed by atoms with Crippen molar-refractivity contribution in [1.82, 2.24) is 4.98 Å². The lowest BCUT2D eigenvalue weighted by atomic mass is 9.98. The molecule has 0 radical (unpaired) electrons. The Hall–Kier alpha value is -2.67. The molecule has 1 heterocycles. The summed E-state index contributed by atoms with van der Waals surface area (Å²) in [6, 6.07) is 19.0. The van der Waals surface area contributed by atoms with Crippen LogP contribution in [0.4, 0.5) is 0 Å². The summed E-state index contributed by atoms with van der Waals surface area (Å²) in [4.78, 5) is 4.54. The van der Waals surface area contributed by atoms with Crippen LogP contribution >= 0.6 is 0 Å². The van der Waals surface area contributed by atoms with Gasteiger partial charge < -0.3 is 0 Å². The van der Waals surface area contributed by atoms with Crippen molar-refractivity contribution in [3.8, 4) is 22.4 Å². The van der Waals surface area contributed by atoms with Crippen molar-refractivity contribution >= 4 is 6.08 Å². The lowest BCUT2D eigenvalue weighted by Crippen LogP contribution is -1.89. The molecule has 0 aliphatic heterocycles. The summed E-state index contributed by atoms with van der Waals surface area (Å²) in [5.74, 6) is 0. The number of hydrogen-bond acceptors (Lipinski definition) is 1. The van der Waals surface area contributed by atoms with Crippen LogP contribution in [0.25, 0.3) is 28.5 Å². The van der Waals surface area contributed by atoms with Crippen molar-refractivity contribution in [2.45, 2.75) is 13.8 Å². The van der Waals surface area contributed by atoms with Crippen LogP contribution < -0.4 is 0 Å². The summed E-state index contributed by atoms with van der Waals surface area (Å²) in [5, 5.41) is 0. The molecule has 22 heavy (non-hydrogen) atoms. The fraction of sp³-hybridized carbons (Fsp3) is 0.0952. The van der Waals surface area contributed by atoms with Crippen LogP contribution in [0.3, 0.4) is 0 Å². The summed E-state index contributed by atoms with van der Waals surface area (Å²) in [7, 11) is 0. The molecule has 0 aliphatic rings. The van der Waals surface area contributed by atoms with Gasteiger partial charge in [0, 0.05) is 11.8 Å². The third-order valence-electron chi connectivity index (χ3n) is 3.77. The average Bonchev–Trinajstić information content (AvgIpc) is 2.54. The van der Waals surface area contributed by atoms with E-state index >= 15 is 0 Å². The van der Waals surface area contributed by atoms with Gasteiger partial charge in [0.25, 0.3) is 0 Å². The largest absolute Gasteiger partial charge is 0.256 e. The Morgan fingerprint density at radius 2 is 1.59 bits per heavy atom. The second-order valence-corrected chi connectivity index (χ2v) is 5.60. The SMILES string of the molecule is C=Cc1ccccc1-c1cc(-c2cc(C)cc(C)c2)ccn1. The zero-order valence-corrected chi connectivity index (χ0v) is 13.0. The maximum absolute atomic E-state index is 4.54. The molecule has 0 atom stereocenters. The van der Waals surface area contributed by atoms with Gasteiger partial charge in [-0.25, -0.2) is 0 Å². The summed E-state index contributed by atoms with van der Waals surface area (Å²) in [6.45, 7) is 8.15. The van der Waals surface area contributed by atoms with Gasteiger partial charge in [0.05, 0.1) is 5.69 Å². The summed E-state index contributed by atoms with van der Waals surface area (Å²) < 4.78 is 0. The van der Waals surface area contributed by atoms with Gasteiger partial charge in [-0.05, 0) is 42.7 Å². The molecule has 3 aromatic rings. The van der Waals surface area contributed by atoms with Crippen molar-refractivity contribution in [3.63, 3.8) is 0 Å². The zero-order valence-electron chi connectivity index (χ0n) is 13.0. The molecule has 108 valence electrons. The van der Waals surface area contributed by atoms with Crippen LogP contribution in [-0.2, 0) is 0 Å². The smallest absolute Gasteiger partial charge is 0.0714 e. The van der Waals surface area contributed by atoms with Gasteiger partial charge in [0.1, 0.15) is 0 Å². The van der Waals surface area contributed by atoms with Gasteiger partial charge >= 0.3 is 0 Å². The first-order valence-corrected chi connectivity index (χ1v) is 7.44. The van der Waals surface area contributed by atoms with Crippen molar-refractivity contribution in [3.05, 3.63) is 84.1 Å². The topological polar surface area (TPSA) is 12.9 Å². The van der Waals surface area contributed by atoms with Crippen LogP contribution in [-0.4, -0.2) is 4.98 Å². The molecule has 1 nitrogen and oxygen atoms in total. The normalized spacial score (nSPS) is 10.5. The number of hydrogen-bond donors (Lipinski definition) is 0. The van der Waals surface area contributed by atoms with Crippen molar-refractivity contribution in [1.29, 1.82) is 0 Å². The predicted molar refractivity (Wildman–Crippen MR) is 94.7 cm³/mol. The Morgan fingerprint density at radius 1 is 0.864 bits per heavy atom. The minimum absolute atomic E-state index is 0.979. The lowest BCUT2D eigenvalue weighted by Gasteiger charge is -2.09. The van der Waals surface area contributed by atoms with Crippen LogP contribution in [0.15, 0.2) is 67.4 Å². The monoisotopic (exact) mass is 285 g/mol. The van der Waals surface area contributed by atoms with Crippen molar-refractivity contribution in [2.75, 3.05) is 0 Å². The van der Waals surface area contributed by atoms with E-state index in [0.29, 0.717) is 0 Å². The van der Waals surface area contributed by atoms with E-state index < -0.39 is 0 Å². The van der Waals surface area contributed by atoms with E-state index in [1.165, 1.54) is 22.3 Å². The van der Waals surface area contributed by atoms with Gasteiger partial charge in [0.2, 0.25) is 0 Å². The van der Waals surface area contributed by atoms with E-state index in [1.54, 1.807) is 0 Å². The summed E-state index contributed by atoms with van der Waals surface area (Å²) >= 11 is 0. The minimum Gasteiger partial charge on any atom is -0.256 e. The third-order valence-corrected chi connectivity index (χ3v) is 3.77. The first-order valence-electron chi connectivity index (χ1n) is 7.44. The Kier molecular flexibility index (Phi) is 3.88. The van der Waals surface area contributed by atoms with Gasteiger partial charge in [-0.3, -0.25) is 4.98 Å². The Bertz CT molecular complexity index is 811. The number of nitrogens with zero attached hydrogens (tertiary/aromatic N) is 1. The van der Waals surface area contributed by atoms with Crippen LogP contribution in [0, 0.1) is 13.8 Å². The molecule has 0 spiro atoms. The van der Waals surface area contributed by atoms with E-state index in [9.17, 15) is 0 Å². The highest BCUT2D eigenvalue weighted by Crippen LogP contribution is 2.28. The molecule has 0 bridgehead atoms. The summed E-state index contributed by atoms with van der Waals surface area (Å²) in [6.07, 6.45) is 3.75. The van der Waals surface area contributed by atoms with E-state index in [-0.39, 0.29) is 0 Å². The van der Waals surface area contributed by atoms with Crippen LogP contribution in [0.2, 0.25) is 0 Å². The molecule has 1 heteroatoms. The molecular formula is C21H19N. The maximum Gasteiger partial charge on any atom is 0.0714 e. The Labute approximate surface area is 132 Å². The molecule has 0 saturated heterocycles. The first kappa shape index (κ1) is 14.3. The molecular weight excluding hydrogens is 266 g/mol. The molecule has 0 aliphatic carbocycles. The molecule has 3 rings (SSSR count). The van der Waals surface area contributed by atoms with Crippen LogP contribution in [0.5, 0.6) is 0 Å². The average molecular weight is 285 g/mol. The molecule has 0 amide bonds.